The highest BCUT2D eigenvalue weighted by Crippen LogP contribution is 2.32. The van der Waals surface area contributed by atoms with Gasteiger partial charge in [-0.3, -0.25) is 4.98 Å². The molecular formula is C17H13F3N4O. The number of hydrogen-bond donors (Lipinski definition) is 0. The molecule has 3 heterocycles. The highest BCUT2D eigenvalue weighted by molar-refractivity contribution is 5.55. The maximum Gasteiger partial charge on any atom is 0.416 e. The Hall–Kier alpha value is -2.90. The number of benzene rings is 1. The van der Waals surface area contributed by atoms with Crippen molar-refractivity contribution in [1.82, 2.24) is 15.0 Å². The van der Waals surface area contributed by atoms with Gasteiger partial charge in [-0.2, -0.15) is 13.2 Å². The summed E-state index contributed by atoms with van der Waals surface area (Å²) in [6.45, 7) is 1.24. The lowest BCUT2D eigenvalue weighted by molar-refractivity contribution is -0.137. The number of alkyl halides is 3. The first-order chi connectivity index (χ1) is 12.0. The van der Waals surface area contributed by atoms with Crippen molar-refractivity contribution in [3.63, 3.8) is 0 Å². The Labute approximate surface area is 141 Å². The molecule has 0 unspecified atom stereocenters. The molecule has 0 N–H and O–H groups in total. The van der Waals surface area contributed by atoms with Gasteiger partial charge in [-0.25, -0.2) is 9.97 Å². The van der Waals surface area contributed by atoms with Crippen LogP contribution in [0.4, 0.5) is 19.0 Å². The van der Waals surface area contributed by atoms with Crippen LogP contribution in [-0.2, 0) is 19.1 Å². The molecule has 1 aromatic carbocycles. The van der Waals surface area contributed by atoms with Crippen molar-refractivity contribution in [3.8, 4) is 11.5 Å². The van der Waals surface area contributed by atoms with Gasteiger partial charge in [-0.15, -0.1) is 0 Å². The number of halogens is 3. The lowest BCUT2D eigenvalue weighted by Gasteiger charge is -2.25. The molecule has 2 aromatic heterocycles. The van der Waals surface area contributed by atoms with Gasteiger partial charge in [0.15, 0.2) is 0 Å². The minimum absolute atomic E-state index is 0.333. The summed E-state index contributed by atoms with van der Waals surface area (Å²) in [5.74, 6) is 1.85. The summed E-state index contributed by atoms with van der Waals surface area (Å²) in [6.07, 6.45) is 1.21. The van der Waals surface area contributed by atoms with E-state index in [4.69, 9.17) is 4.42 Å². The number of fused-ring (bicyclic) bond motifs is 1. The van der Waals surface area contributed by atoms with Crippen LogP contribution in [0.3, 0.4) is 0 Å². The van der Waals surface area contributed by atoms with E-state index in [1.807, 2.05) is 4.90 Å². The van der Waals surface area contributed by atoms with Gasteiger partial charge in [-0.05, 0) is 24.3 Å². The molecule has 8 heteroatoms. The molecule has 0 bridgehead atoms. The highest BCUT2D eigenvalue weighted by atomic mass is 19.4. The third-order valence-corrected chi connectivity index (χ3v) is 4.06. The zero-order valence-corrected chi connectivity index (χ0v) is 13.0. The number of nitrogens with zero attached hydrogens (tertiary/aromatic N) is 4. The quantitative estimate of drug-likeness (QED) is 0.708. The van der Waals surface area contributed by atoms with Crippen molar-refractivity contribution >= 4 is 5.82 Å². The van der Waals surface area contributed by atoms with E-state index in [1.54, 1.807) is 18.6 Å². The molecule has 128 valence electrons. The van der Waals surface area contributed by atoms with Gasteiger partial charge in [0.1, 0.15) is 17.3 Å². The van der Waals surface area contributed by atoms with Crippen LogP contribution in [0.25, 0.3) is 11.5 Å². The maximum atomic E-state index is 12.7. The molecule has 0 spiro atoms. The summed E-state index contributed by atoms with van der Waals surface area (Å²) in [5, 5.41) is 0. The van der Waals surface area contributed by atoms with Crippen molar-refractivity contribution in [2.75, 3.05) is 11.4 Å². The summed E-state index contributed by atoms with van der Waals surface area (Å²) in [4.78, 5) is 14.8. The number of oxazole rings is 1. The predicted molar refractivity (Wildman–Crippen MR) is 83.7 cm³/mol. The molecule has 25 heavy (non-hydrogen) atoms. The Bertz CT molecular complexity index is 875. The van der Waals surface area contributed by atoms with Crippen LogP contribution >= 0.6 is 0 Å². The molecule has 1 aliphatic rings. The minimum Gasteiger partial charge on any atom is -0.441 e. The second kappa shape index (κ2) is 5.87. The molecule has 0 radical (unpaired) electrons. The van der Waals surface area contributed by atoms with E-state index in [2.05, 4.69) is 15.0 Å². The molecule has 0 saturated heterocycles. The van der Waals surface area contributed by atoms with Crippen molar-refractivity contribution in [3.05, 3.63) is 59.9 Å². The lowest BCUT2D eigenvalue weighted by Crippen LogP contribution is -2.30. The monoisotopic (exact) mass is 346 g/mol. The molecule has 0 aliphatic carbocycles. The third kappa shape index (κ3) is 3.07. The molecule has 0 amide bonds. The Morgan fingerprint density at radius 3 is 2.56 bits per heavy atom. The minimum atomic E-state index is -4.36. The number of aromatic nitrogens is 3. The topological polar surface area (TPSA) is 55.1 Å². The molecule has 0 atom stereocenters. The smallest absolute Gasteiger partial charge is 0.416 e. The zero-order chi connectivity index (χ0) is 17.4. The van der Waals surface area contributed by atoms with Crippen LogP contribution < -0.4 is 4.90 Å². The van der Waals surface area contributed by atoms with Crippen LogP contribution in [0.5, 0.6) is 0 Å². The Balaban J connectivity index is 1.58. The Morgan fingerprint density at radius 1 is 1.08 bits per heavy atom. The summed E-state index contributed by atoms with van der Waals surface area (Å²) < 4.78 is 43.7. The summed E-state index contributed by atoms with van der Waals surface area (Å²) in [7, 11) is 0. The largest absolute Gasteiger partial charge is 0.441 e. The first-order valence-electron chi connectivity index (χ1n) is 7.68. The normalized spacial score (nSPS) is 14.4. The van der Waals surface area contributed by atoms with E-state index >= 15 is 0 Å². The van der Waals surface area contributed by atoms with E-state index in [9.17, 15) is 13.2 Å². The second-order valence-corrected chi connectivity index (χ2v) is 5.70. The molecule has 3 aromatic rings. The van der Waals surface area contributed by atoms with E-state index < -0.39 is 11.7 Å². The van der Waals surface area contributed by atoms with Gasteiger partial charge in [0, 0.05) is 30.9 Å². The van der Waals surface area contributed by atoms with Crippen molar-refractivity contribution < 1.29 is 17.6 Å². The fourth-order valence-electron chi connectivity index (χ4n) is 2.77. The SMILES string of the molecule is FC(F)(F)c1ccc(-c2nc3c(o2)CCN(c2cnccn2)C3)cc1. The van der Waals surface area contributed by atoms with Crippen LogP contribution in [0.2, 0.25) is 0 Å². The third-order valence-electron chi connectivity index (χ3n) is 4.06. The van der Waals surface area contributed by atoms with Crippen molar-refractivity contribution in [2.45, 2.75) is 19.1 Å². The van der Waals surface area contributed by atoms with E-state index in [-0.39, 0.29) is 0 Å². The van der Waals surface area contributed by atoms with E-state index in [0.717, 1.165) is 29.4 Å². The van der Waals surface area contributed by atoms with Gasteiger partial charge in [0.25, 0.3) is 0 Å². The number of anilines is 1. The van der Waals surface area contributed by atoms with Crippen LogP contribution in [0, 0.1) is 0 Å². The van der Waals surface area contributed by atoms with Crippen LogP contribution in [0.15, 0.2) is 47.3 Å². The summed E-state index contributed by atoms with van der Waals surface area (Å²) >= 11 is 0. The first-order valence-corrected chi connectivity index (χ1v) is 7.68. The lowest BCUT2D eigenvalue weighted by atomic mass is 10.1. The summed E-state index contributed by atoms with van der Waals surface area (Å²) in [5.41, 5.74) is 0.599. The second-order valence-electron chi connectivity index (χ2n) is 5.70. The molecular weight excluding hydrogens is 333 g/mol. The average molecular weight is 346 g/mol. The molecule has 5 nitrogen and oxygen atoms in total. The first kappa shape index (κ1) is 15.6. The van der Waals surface area contributed by atoms with E-state index in [0.29, 0.717) is 31.0 Å². The van der Waals surface area contributed by atoms with Gasteiger partial charge in [0.05, 0.1) is 18.3 Å². The van der Waals surface area contributed by atoms with E-state index in [1.165, 1.54) is 12.1 Å². The fourth-order valence-corrected chi connectivity index (χ4v) is 2.77. The molecule has 0 saturated carbocycles. The van der Waals surface area contributed by atoms with Gasteiger partial charge < -0.3 is 9.32 Å². The average Bonchev–Trinajstić information content (AvgIpc) is 3.05. The van der Waals surface area contributed by atoms with Crippen molar-refractivity contribution in [1.29, 1.82) is 0 Å². The van der Waals surface area contributed by atoms with Gasteiger partial charge in [0.2, 0.25) is 5.89 Å². The van der Waals surface area contributed by atoms with Crippen LogP contribution in [-0.4, -0.2) is 21.5 Å². The highest BCUT2D eigenvalue weighted by Gasteiger charge is 2.30. The predicted octanol–water partition coefficient (Wildman–Crippen LogP) is 3.71. The molecule has 4 rings (SSSR count). The standard InChI is InChI=1S/C17H13F3N4O/c18-17(19,20)12-3-1-11(2-4-12)16-23-13-10-24(8-5-14(13)25-16)15-9-21-6-7-22-15/h1-4,6-7,9H,5,8,10H2. The number of rotatable bonds is 2. The molecule has 1 aliphatic heterocycles. The number of hydrogen-bond acceptors (Lipinski definition) is 5. The molecule has 0 fully saturated rings. The summed E-state index contributed by atoms with van der Waals surface area (Å²) in [6, 6.07) is 4.82. The fraction of sp³-hybridized carbons (Fsp3) is 0.235. The zero-order valence-electron chi connectivity index (χ0n) is 13.0. The van der Waals surface area contributed by atoms with Gasteiger partial charge in [-0.1, -0.05) is 0 Å². The maximum absolute atomic E-state index is 12.7. The Kier molecular flexibility index (Phi) is 3.67. The Morgan fingerprint density at radius 2 is 1.88 bits per heavy atom. The van der Waals surface area contributed by atoms with Crippen LogP contribution in [0.1, 0.15) is 17.0 Å². The van der Waals surface area contributed by atoms with Gasteiger partial charge >= 0.3 is 6.18 Å². The van der Waals surface area contributed by atoms with Crippen molar-refractivity contribution in [2.24, 2.45) is 0 Å².